The number of aliphatic hydroxyl groups is 1. The highest BCUT2D eigenvalue weighted by atomic mass is 19.1. The van der Waals surface area contributed by atoms with Gasteiger partial charge in [0, 0.05) is 25.8 Å². The summed E-state index contributed by atoms with van der Waals surface area (Å²) < 4.78 is 31.2. The first-order valence-corrected chi connectivity index (χ1v) is 10.5. The zero-order valence-electron chi connectivity index (χ0n) is 18.1. The number of carbonyl (C=O) groups excluding carboxylic acids is 1. The van der Waals surface area contributed by atoms with Crippen LogP contribution in [0.2, 0.25) is 0 Å². The van der Waals surface area contributed by atoms with Crippen molar-refractivity contribution in [1.29, 1.82) is 0 Å². The number of carbonyl (C=O) groups is 1. The molecular formula is C25H27FO5. The number of ether oxygens (including phenoxy) is 3. The maximum atomic E-state index is 13.6. The molecule has 0 radical (unpaired) electrons. The standard InChI is InChI=1S/C25H27FO5/c1-14(2)20-13-21-24(31-25(3,4)30-21)23(15-5-7-16(26)8-6-15)19(20)10-9-18-11-17(27)12-22(28)29-18/h5-10,13-14,17-18,27H,11-12H2,1-4H3/b10-9+/t17-,18-/m1/s1. The second-order valence-corrected chi connectivity index (χ2v) is 8.83. The summed E-state index contributed by atoms with van der Waals surface area (Å²) in [6.07, 6.45) is 2.83. The first-order valence-electron chi connectivity index (χ1n) is 10.5. The van der Waals surface area contributed by atoms with Crippen molar-refractivity contribution in [3.8, 4) is 22.6 Å². The van der Waals surface area contributed by atoms with Crippen LogP contribution in [0.15, 0.2) is 36.4 Å². The Morgan fingerprint density at radius 3 is 2.55 bits per heavy atom. The number of benzene rings is 2. The number of cyclic esters (lactones) is 1. The van der Waals surface area contributed by atoms with Crippen LogP contribution >= 0.6 is 0 Å². The molecule has 2 aliphatic heterocycles. The Hall–Kier alpha value is -2.86. The summed E-state index contributed by atoms with van der Waals surface area (Å²) in [5, 5.41) is 9.93. The minimum atomic E-state index is -0.823. The molecule has 0 saturated carbocycles. The minimum absolute atomic E-state index is 0.0154. The predicted molar refractivity (Wildman–Crippen MR) is 115 cm³/mol. The van der Waals surface area contributed by atoms with Crippen LogP contribution in [0.4, 0.5) is 4.39 Å². The van der Waals surface area contributed by atoms with Gasteiger partial charge in [0.2, 0.25) is 5.79 Å². The molecule has 31 heavy (non-hydrogen) atoms. The average Bonchev–Trinajstić information content (AvgIpc) is 2.99. The average molecular weight is 426 g/mol. The summed E-state index contributed by atoms with van der Waals surface area (Å²) in [4.78, 5) is 11.7. The molecule has 1 saturated heterocycles. The molecule has 2 heterocycles. The molecule has 4 rings (SSSR count). The maximum Gasteiger partial charge on any atom is 0.309 e. The monoisotopic (exact) mass is 426 g/mol. The van der Waals surface area contributed by atoms with Crippen LogP contribution in [0.5, 0.6) is 11.5 Å². The zero-order valence-corrected chi connectivity index (χ0v) is 18.1. The lowest BCUT2D eigenvalue weighted by molar-refractivity contribution is -0.156. The second-order valence-electron chi connectivity index (χ2n) is 8.83. The summed E-state index contributed by atoms with van der Waals surface area (Å²) in [7, 11) is 0. The highest BCUT2D eigenvalue weighted by Crippen LogP contribution is 2.50. The van der Waals surface area contributed by atoms with Crippen LogP contribution in [0.3, 0.4) is 0 Å². The Balaban J connectivity index is 1.87. The molecule has 2 atom stereocenters. The van der Waals surface area contributed by atoms with E-state index >= 15 is 0 Å². The SMILES string of the molecule is CC(C)c1cc2c(c(-c3ccc(F)cc3)c1/C=C/[C@@H]1C[C@@H](O)CC(=O)O1)OC(C)(C)O2. The van der Waals surface area contributed by atoms with E-state index in [9.17, 15) is 14.3 Å². The number of hydrogen-bond acceptors (Lipinski definition) is 5. The van der Waals surface area contributed by atoms with Gasteiger partial charge in [-0.3, -0.25) is 4.79 Å². The molecule has 1 fully saturated rings. The number of aliphatic hydroxyl groups excluding tert-OH is 1. The smallest absolute Gasteiger partial charge is 0.309 e. The van der Waals surface area contributed by atoms with E-state index in [2.05, 4.69) is 13.8 Å². The molecule has 0 aromatic heterocycles. The van der Waals surface area contributed by atoms with Crippen molar-refractivity contribution >= 4 is 12.0 Å². The van der Waals surface area contributed by atoms with Crippen molar-refractivity contribution in [2.24, 2.45) is 0 Å². The van der Waals surface area contributed by atoms with Crippen LogP contribution in [0.25, 0.3) is 17.2 Å². The van der Waals surface area contributed by atoms with Crippen LogP contribution in [0.1, 0.15) is 57.6 Å². The number of fused-ring (bicyclic) bond motifs is 1. The van der Waals surface area contributed by atoms with Crippen molar-refractivity contribution < 1.29 is 28.5 Å². The summed E-state index contributed by atoms with van der Waals surface area (Å²) in [6.45, 7) is 7.85. The van der Waals surface area contributed by atoms with E-state index in [1.807, 2.05) is 26.0 Å². The van der Waals surface area contributed by atoms with Crippen LogP contribution < -0.4 is 9.47 Å². The quantitative estimate of drug-likeness (QED) is 0.681. The highest BCUT2D eigenvalue weighted by molar-refractivity contribution is 5.85. The highest BCUT2D eigenvalue weighted by Gasteiger charge is 2.36. The molecule has 164 valence electrons. The third-order valence-corrected chi connectivity index (χ3v) is 5.44. The largest absolute Gasteiger partial charge is 0.458 e. The predicted octanol–water partition coefficient (Wildman–Crippen LogP) is 5.20. The van der Waals surface area contributed by atoms with E-state index in [1.165, 1.54) is 12.1 Å². The number of esters is 1. The topological polar surface area (TPSA) is 65.0 Å². The molecule has 5 nitrogen and oxygen atoms in total. The molecular weight excluding hydrogens is 399 g/mol. The molecule has 2 aromatic rings. The van der Waals surface area contributed by atoms with Crippen molar-refractivity contribution in [3.05, 3.63) is 53.4 Å². The van der Waals surface area contributed by atoms with E-state index in [-0.39, 0.29) is 18.2 Å². The minimum Gasteiger partial charge on any atom is -0.458 e. The van der Waals surface area contributed by atoms with Gasteiger partial charge in [-0.2, -0.15) is 0 Å². The van der Waals surface area contributed by atoms with Crippen LogP contribution in [-0.4, -0.2) is 29.1 Å². The van der Waals surface area contributed by atoms with Crippen molar-refractivity contribution in [2.75, 3.05) is 0 Å². The van der Waals surface area contributed by atoms with Gasteiger partial charge in [0.25, 0.3) is 0 Å². The normalized spacial score (nSPS) is 22.2. The van der Waals surface area contributed by atoms with Gasteiger partial charge in [0.15, 0.2) is 11.5 Å². The fraction of sp³-hybridized carbons (Fsp3) is 0.400. The zero-order chi connectivity index (χ0) is 22.3. The van der Waals surface area contributed by atoms with Gasteiger partial charge in [-0.05, 0) is 46.9 Å². The Bertz CT molecular complexity index is 1020. The van der Waals surface area contributed by atoms with Gasteiger partial charge in [0.1, 0.15) is 11.9 Å². The van der Waals surface area contributed by atoms with E-state index in [0.717, 1.165) is 22.3 Å². The van der Waals surface area contributed by atoms with Gasteiger partial charge in [-0.25, -0.2) is 4.39 Å². The van der Waals surface area contributed by atoms with E-state index < -0.39 is 24.0 Å². The first kappa shape index (κ1) is 21.4. The van der Waals surface area contributed by atoms with Gasteiger partial charge < -0.3 is 19.3 Å². The number of rotatable bonds is 4. The van der Waals surface area contributed by atoms with E-state index in [4.69, 9.17) is 14.2 Å². The lowest BCUT2D eigenvalue weighted by atomic mass is 9.88. The number of halogens is 1. The molecule has 0 bridgehead atoms. The third-order valence-electron chi connectivity index (χ3n) is 5.44. The lowest BCUT2D eigenvalue weighted by Crippen LogP contribution is -2.31. The van der Waals surface area contributed by atoms with Crippen LogP contribution in [0, 0.1) is 5.82 Å². The molecule has 0 amide bonds. The van der Waals surface area contributed by atoms with Crippen molar-refractivity contribution in [1.82, 2.24) is 0 Å². The van der Waals surface area contributed by atoms with Gasteiger partial charge >= 0.3 is 5.97 Å². The third kappa shape index (κ3) is 4.44. The summed E-state index contributed by atoms with van der Waals surface area (Å²) in [6, 6.07) is 8.23. The van der Waals surface area contributed by atoms with E-state index in [1.54, 1.807) is 18.2 Å². The molecule has 2 aromatic carbocycles. The lowest BCUT2D eigenvalue weighted by Gasteiger charge is -2.24. The molecule has 2 aliphatic rings. The molecule has 1 N–H and O–H groups in total. The Labute approximate surface area is 181 Å². The van der Waals surface area contributed by atoms with Crippen LogP contribution in [-0.2, 0) is 9.53 Å². The second kappa shape index (κ2) is 8.00. The van der Waals surface area contributed by atoms with E-state index in [0.29, 0.717) is 17.9 Å². The Morgan fingerprint density at radius 1 is 1.19 bits per heavy atom. The summed E-state index contributed by atoms with van der Waals surface area (Å²) in [5.41, 5.74) is 3.50. The summed E-state index contributed by atoms with van der Waals surface area (Å²) in [5.74, 6) is -0.153. The van der Waals surface area contributed by atoms with Gasteiger partial charge in [-0.1, -0.05) is 32.1 Å². The summed E-state index contributed by atoms with van der Waals surface area (Å²) >= 11 is 0. The van der Waals surface area contributed by atoms with Crippen molar-refractivity contribution in [3.63, 3.8) is 0 Å². The van der Waals surface area contributed by atoms with Gasteiger partial charge in [0.05, 0.1) is 12.5 Å². The fourth-order valence-corrected chi connectivity index (χ4v) is 4.07. The molecule has 0 unspecified atom stereocenters. The molecule has 6 heteroatoms. The van der Waals surface area contributed by atoms with Crippen molar-refractivity contribution in [2.45, 2.75) is 64.4 Å². The number of hydrogen-bond donors (Lipinski definition) is 1. The Kier molecular flexibility index (Phi) is 5.52. The Morgan fingerprint density at radius 2 is 1.90 bits per heavy atom. The first-order chi connectivity index (χ1) is 14.6. The fourth-order valence-electron chi connectivity index (χ4n) is 4.07. The molecule has 0 spiro atoms. The maximum absolute atomic E-state index is 13.6. The molecule has 0 aliphatic carbocycles. The van der Waals surface area contributed by atoms with Gasteiger partial charge in [-0.15, -0.1) is 0 Å².